The van der Waals surface area contributed by atoms with Gasteiger partial charge in [-0.05, 0) is 72.9 Å². The van der Waals surface area contributed by atoms with Crippen LogP contribution in [-0.4, -0.2) is 16.9 Å². The van der Waals surface area contributed by atoms with Crippen LogP contribution in [0.1, 0.15) is 76.3 Å². The molecule has 3 aromatic rings. The predicted octanol–water partition coefficient (Wildman–Crippen LogP) is 7.69. The number of nitrogens with zero attached hydrogens (tertiary/aromatic N) is 1. The number of carbonyl (C=O) groups is 1. The summed E-state index contributed by atoms with van der Waals surface area (Å²) in [6.45, 7) is 2.77. The Morgan fingerprint density at radius 3 is 2.08 bits per heavy atom. The molecule has 3 nitrogen and oxygen atoms in total. The van der Waals surface area contributed by atoms with E-state index >= 15 is 0 Å². The molecule has 0 saturated heterocycles. The Morgan fingerprint density at radius 1 is 0.946 bits per heavy atom. The maximum absolute atomic E-state index is 13.6. The smallest absolute Gasteiger partial charge is 0.370 e. The van der Waals surface area contributed by atoms with Crippen LogP contribution in [0.4, 0.5) is 30.7 Å². The van der Waals surface area contributed by atoms with Crippen molar-refractivity contribution in [1.82, 2.24) is 4.98 Å². The van der Waals surface area contributed by atoms with E-state index in [1.54, 1.807) is 24.3 Å². The third-order valence-corrected chi connectivity index (χ3v) is 6.43. The molecule has 0 spiro atoms. The summed E-state index contributed by atoms with van der Waals surface area (Å²) in [6, 6.07) is 10.2. The van der Waals surface area contributed by atoms with Gasteiger partial charge in [-0.2, -0.15) is 26.3 Å². The van der Waals surface area contributed by atoms with Crippen molar-refractivity contribution in [2.75, 3.05) is 0 Å². The first-order valence-corrected chi connectivity index (χ1v) is 11.4. The predicted molar refractivity (Wildman–Crippen MR) is 121 cm³/mol. The number of hydrogen-bond donors (Lipinski definition) is 0. The third kappa shape index (κ3) is 5.84. The van der Waals surface area contributed by atoms with Crippen LogP contribution in [0.15, 0.2) is 54.6 Å². The molecular formula is C27H22F7NO2. The lowest BCUT2D eigenvalue weighted by molar-refractivity contribution is -0.143. The lowest BCUT2D eigenvalue weighted by Crippen LogP contribution is -2.31. The highest BCUT2D eigenvalue weighted by Crippen LogP contribution is 2.42. The normalized spacial score (nSPS) is 18.8. The number of Topliss-reactive ketones (excluding diaryl/α,β-unsaturated/α-hetero) is 1. The maximum atomic E-state index is 13.6. The van der Waals surface area contributed by atoms with Crippen molar-refractivity contribution in [2.45, 2.75) is 57.2 Å². The van der Waals surface area contributed by atoms with E-state index in [2.05, 4.69) is 4.98 Å². The number of rotatable bonds is 5. The molecule has 0 amide bonds. The lowest BCUT2D eigenvalue weighted by Gasteiger charge is -2.35. The van der Waals surface area contributed by atoms with E-state index in [0.29, 0.717) is 41.8 Å². The second kappa shape index (κ2) is 9.89. The number of benzene rings is 2. The minimum atomic E-state index is -4.98. The molecule has 0 fully saturated rings. The number of carbonyl (C=O) groups excluding carboxylic acids is 1. The molecule has 1 heterocycles. The summed E-state index contributed by atoms with van der Waals surface area (Å²) in [7, 11) is 0. The van der Waals surface area contributed by atoms with Crippen LogP contribution in [-0.2, 0) is 23.5 Å². The molecule has 1 aromatic heterocycles. The second-order valence-corrected chi connectivity index (χ2v) is 9.01. The lowest BCUT2D eigenvalue weighted by atomic mass is 9.78. The summed E-state index contributed by atoms with van der Waals surface area (Å²) in [5.74, 6) is -1.23. The Labute approximate surface area is 208 Å². The molecule has 1 aliphatic rings. The van der Waals surface area contributed by atoms with Crippen molar-refractivity contribution in [2.24, 2.45) is 0 Å². The first-order chi connectivity index (χ1) is 17.2. The molecule has 4 rings (SSSR count). The number of aryl methyl sites for hydroxylation is 1. The molecule has 196 valence electrons. The average Bonchev–Trinajstić information content (AvgIpc) is 2.83. The quantitative estimate of drug-likeness (QED) is 0.253. The van der Waals surface area contributed by atoms with E-state index in [9.17, 15) is 35.5 Å². The molecule has 2 aromatic carbocycles. The van der Waals surface area contributed by atoms with Crippen molar-refractivity contribution >= 4 is 5.78 Å². The van der Waals surface area contributed by atoms with Gasteiger partial charge in [-0.25, -0.2) is 9.37 Å². The highest BCUT2D eigenvalue weighted by molar-refractivity contribution is 5.92. The number of ether oxygens (including phenoxy) is 1. The largest absolute Gasteiger partial charge is 0.416 e. The van der Waals surface area contributed by atoms with Gasteiger partial charge in [-0.1, -0.05) is 18.2 Å². The molecule has 0 unspecified atom stereocenters. The minimum Gasteiger partial charge on any atom is -0.370 e. The monoisotopic (exact) mass is 525 g/mol. The summed E-state index contributed by atoms with van der Waals surface area (Å²) in [5.41, 5.74) is -0.871. The highest BCUT2D eigenvalue weighted by atomic mass is 19.4. The Kier molecular flexibility index (Phi) is 7.16. The topological polar surface area (TPSA) is 39.2 Å². The minimum absolute atomic E-state index is 0.0761. The van der Waals surface area contributed by atoms with Crippen LogP contribution in [0.5, 0.6) is 0 Å². The molecule has 1 aliphatic carbocycles. The van der Waals surface area contributed by atoms with Crippen molar-refractivity contribution in [3.05, 3.63) is 99.6 Å². The first-order valence-electron chi connectivity index (χ1n) is 11.4. The van der Waals surface area contributed by atoms with E-state index in [4.69, 9.17) is 4.74 Å². The Bertz CT molecular complexity index is 1270. The third-order valence-electron chi connectivity index (χ3n) is 6.43. The van der Waals surface area contributed by atoms with Crippen molar-refractivity contribution in [3.63, 3.8) is 0 Å². The van der Waals surface area contributed by atoms with Gasteiger partial charge in [0.25, 0.3) is 0 Å². The molecule has 0 saturated carbocycles. The van der Waals surface area contributed by atoms with E-state index in [1.807, 2.05) is 0 Å². The fourth-order valence-electron chi connectivity index (χ4n) is 4.60. The second-order valence-electron chi connectivity index (χ2n) is 9.01. The van der Waals surface area contributed by atoms with Crippen LogP contribution >= 0.6 is 0 Å². The zero-order chi connectivity index (χ0) is 27.1. The van der Waals surface area contributed by atoms with Crippen LogP contribution in [0.2, 0.25) is 0 Å². The van der Waals surface area contributed by atoms with Gasteiger partial charge in [0.1, 0.15) is 11.5 Å². The van der Waals surface area contributed by atoms with Crippen molar-refractivity contribution < 1.29 is 40.3 Å². The summed E-state index contributed by atoms with van der Waals surface area (Å²) in [5, 5.41) is 0. The van der Waals surface area contributed by atoms with Gasteiger partial charge < -0.3 is 4.74 Å². The molecule has 0 N–H and O–H groups in total. The number of hydrogen-bond acceptors (Lipinski definition) is 3. The molecule has 0 radical (unpaired) electrons. The Balaban J connectivity index is 1.73. The summed E-state index contributed by atoms with van der Waals surface area (Å²) in [4.78, 5) is 16.2. The van der Waals surface area contributed by atoms with Crippen LogP contribution < -0.4 is 0 Å². The molecule has 0 bridgehead atoms. The number of alkyl halides is 6. The van der Waals surface area contributed by atoms with E-state index in [1.165, 1.54) is 26.0 Å². The zero-order valence-corrected chi connectivity index (χ0v) is 19.8. The van der Waals surface area contributed by atoms with Crippen LogP contribution in [0.25, 0.3) is 0 Å². The van der Waals surface area contributed by atoms with Crippen molar-refractivity contribution in [3.8, 4) is 0 Å². The van der Waals surface area contributed by atoms with Crippen molar-refractivity contribution in [1.29, 1.82) is 0 Å². The highest BCUT2D eigenvalue weighted by Gasteiger charge is 2.38. The molecule has 3 atom stereocenters. The first kappa shape index (κ1) is 26.8. The van der Waals surface area contributed by atoms with Gasteiger partial charge >= 0.3 is 12.4 Å². The van der Waals surface area contributed by atoms with Gasteiger partial charge in [0, 0.05) is 18.5 Å². The van der Waals surface area contributed by atoms with Crippen LogP contribution in [0, 0.1) is 5.82 Å². The fraction of sp³-hybridized carbons (Fsp3) is 0.333. The fourth-order valence-corrected chi connectivity index (χ4v) is 4.60. The Morgan fingerprint density at radius 2 is 1.54 bits per heavy atom. The van der Waals surface area contributed by atoms with Gasteiger partial charge in [0.05, 0.1) is 23.3 Å². The SMILES string of the molecule is CC(=O)c1ccc2c(n1)CC[C@H](O[C@H](C)c1cc(C(F)(F)F)cc(C(F)(F)F)c1)[C@H]2c1ccc(F)cc1. The van der Waals surface area contributed by atoms with E-state index < -0.39 is 47.4 Å². The molecule has 37 heavy (non-hydrogen) atoms. The molecular weight excluding hydrogens is 503 g/mol. The molecule has 10 heteroatoms. The number of pyridine rings is 1. The summed E-state index contributed by atoms with van der Waals surface area (Å²) < 4.78 is 99.9. The summed E-state index contributed by atoms with van der Waals surface area (Å²) >= 11 is 0. The van der Waals surface area contributed by atoms with Gasteiger partial charge in [-0.15, -0.1) is 0 Å². The van der Waals surface area contributed by atoms with Gasteiger partial charge in [-0.3, -0.25) is 4.79 Å². The number of halogens is 7. The zero-order valence-electron chi connectivity index (χ0n) is 19.8. The number of aromatic nitrogens is 1. The molecule has 0 aliphatic heterocycles. The van der Waals surface area contributed by atoms with Crippen LogP contribution in [0.3, 0.4) is 0 Å². The van der Waals surface area contributed by atoms with Gasteiger partial charge in [0.15, 0.2) is 5.78 Å². The average molecular weight is 525 g/mol. The van der Waals surface area contributed by atoms with E-state index in [-0.39, 0.29) is 23.1 Å². The standard InChI is InChI=1S/C27H22F7NO2/c1-14(36)22-8-7-21-23(35-22)9-10-24(25(21)16-3-5-20(28)6-4-16)37-15(2)17-11-18(26(29,30)31)13-19(12-17)27(32,33)34/h3-8,11-13,15,24-25H,9-10H2,1-2H3/t15-,24+,25+/m1/s1. The number of ketones is 1. The maximum Gasteiger partial charge on any atom is 0.416 e. The summed E-state index contributed by atoms with van der Waals surface area (Å²) in [6.07, 6.45) is -11.0. The van der Waals surface area contributed by atoms with Gasteiger partial charge in [0.2, 0.25) is 0 Å². The Hall–Kier alpha value is -3.27. The number of fused-ring (bicyclic) bond motifs is 1. The van der Waals surface area contributed by atoms with E-state index in [0.717, 1.165) is 0 Å².